The Morgan fingerprint density at radius 1 is 0.951 bits per heavy atom. The van der Waals surface area contributed by atoms with Crippen LogP contribution < -0.4 is 4.74 Å². The van der Waals surface area contributed by atoms with Crippen LogP contribution in [-0.4, -0.2) is 51.7 Å². The van der Waals surface area contributed by atoms with Crippen LogP contribution in [-0.2, 0) is 4.74 Å². The van der Waals surface area contributed by atoms with Gasteiger partial charge in [0.1, 0.15) is 12.4 Å². The first-order valence-electron chi connectivity index (χ1n) is 15.0. The van der Waals surface area contributed by atoms with E-state index in [4.69, 9.17) is 19.4 Å². The Bertz CT molecular complexity index is 1340. The molecule has 2 aromatic carbocycles. The second-order valence-electron chi connectivity index (χ2n) is 12.4. The van der Waals surface area contributed by atoms with Crippen LogP contribution >= 0.6 is 0 Å². The van der Waals surface area contributed by atoms with Crippen molar-refractivity contribution in [3.63, 3.8) is 0 Å². The fraction of sp³-hybridized carbons (Fsp3) is 0.514. The highest BCUT2D eigenvalue weighted by molar-refractivity contribution is 5.95. The van der Waals surface area contributed by atoms with E-state index in [0.29, 0.717) is 24.2 Å². The number of aryl methyl sites for hydroxylation is 4. The van der Waals surface area contributed by atoms with Crippen LogP contribution in [0.1, 0.15) is 85.4 Å². The summed E-state index contributed by atoms with van der Waals surface area (Å²) in [6.45, 7) is 19.1. The summed E-state index contributed by atoms with van der Waals surface area (Å²) in [6, 6.07) is 14.2. The van der Waals surface area contributed by atoms with Crippen molar-refractivity contribution in [1.82, 2.24) is 14.9 Å². The third-order valence-electron chi connectivity index (χ3n) is 7.91. The van der Waals surface area contributed by atoms with Gasteiger partial charge in [-0.05, 0) is 96.9 Å². The van der Waals surface area contributed by atoms with Crippen molar-refractivity contribution >= 4 is 5.91 Å². The van der Waals surface area contributed by atoms with Gasteiger partial charge in [0.15, 0.2) is 0 Å². The van der Waals surface area contributed by atoms with Crippen LogP contribution in [0.25, 0.3) is 11.3 Å². The number of carbonyl (C=O) groups is 1. The van der Waals surface area contributed by atoms with E-state index in [-0.39, 0.29) is 30.2 Å². The normalized spacial score (nSPS) is 17.4. The molecule has 1 atom stereocenters. The van der Waals surface area contributed by atoms with Gasteiger partial charge < -0.3 is 14.4 Å². The van der Waals surface area contributed by atoms with Crippen LogP contribution in [0, 0.1) is 40.5 Å². The number of hydrogen-bond donors (Lipinski definition) is 0. The molecule has 1 saturated carbocycles. The minimum absolute atomic E-state index is 0.0581. The van der Waals surface area contributed by atoms with E-state index in [9.17, 15) is 4.79 Å². The molecule has 0 radical (unpaired) electrons. The number of rotatable bonds is 11. The van der Waals surface area contributed by atoms with Gasteiger partial charge in [0, 0.05) is 22.7 Å². The molecule has 0 saturated heterocycles. The summed E-state index contributed by atoms with van der Waals surface area (Å²) >= 11 is 0. The van der Waals surface area contributed by atoms with Crippen LogP contribution in [0.2, 0.25) is 0 Å². The average molecular weight is 558 g/mol. The number of hydrogen-bond acceptors (Lipinski definition) is 5. The molecule has 1 amide bonds. The first-order valence-corrected chi connectivity index (χ1v) is 15.0. The number of amides is 1. The number of ether oxygens (including phenoxy) is 2. The smallest absolute Gasteiger partial charge is 0.254 e. The molecular weight excluding hydrogens is 510 g/mol. The molecule has 220 valence electrons. The highest BCUT2D eigenvalue weighted by Gasteiger charge is 2.41. The van der Waals surface area contributed by atoms with Crippen molar-refractivity contribution < 1.29 is 14.3 Å². The number of aromatic nitrogens is 2. The van der Waals surface area contributed by atoms with E-state index in [2.05, 4.69) is 64.6 Å². The quantitative estimate of drug-likeness (QED) is 0.243. The predicted octanol–water partition coefficient (Wildman–Crippen LogP) is 7.58. The Balaban J connectivity index is 1.66. The first-order chi connectivity index (χ1) is 19.4. The second kappa shape index (κ2) is 13.2. The van der Waals surface area contributed by atoms with Crippen molar-refractivity contribution in [3.8, 4) is 17.1 Å². The van der Waals surface area contributed by atoms with E-state index in [1.807, 2.05) is 45.0 Å². The van der Waals surface area contributed by atoms with Gasteiger partial charge in [-0.1, -0.05) is 49.7 Å². The van der Waals surface area contributed by atoms with Gasteiger partial charge in [-0.3, -0.25) is 4.79 Å². The van der Waals surface area contributed by atoms with Crippen molar-refractivity contribution in [3.05, 3.63) is 76.1 Å². The molecule has 0 bridgehead atoms. The zero-order valence-corrected chi connectivity index (χ0v) is 26.3. The maximum atomic E-state index is 14.1. The lowest BCUT2D eigenvalue weighted by Gasteiger charge is -2.47. The molecule has 0 aliphatic heterocycles. The van der Waals surface area contributed by atoms with E-state index in [1.54, 1.807) is 0 Å². The first kappa shape index (κ1) is 30.7. The van der Waals surface area contributed by atoms with E-state index in [1.165, 1.54) is 11.1 Å². The predicted molar refractivity (Wildman–Crippen MR) is 166 cm³/mol. The molecule has 4 rings (SSSR count). The zero-order valence-electron chi connectivity index (χ0n) is 26.3. The minimum atomic E-state index is -0.105. The van der Waals surface area contributed by atoms with Crippen molar-refractivity contribution in [2.75, 3.05) is 6.61 Å². The molecule has 3 aromatic rings. The van der Waals surface area contributed by atoms with Gasteiger partial charge in [-0.25, -0.2) is 4.98 Å². The molecule has 1 heterocycles. The molecular formula is C35H47N3O3. The van der Waals surface area contributed by atoms with E-state index in [0.717, 1.165) is 47.2 Å². The summed E-state index contributed by atoms with van der Waals surface area (Å²) in [5.74, 6) is 1.70. The molecule has 1 aromatic heterocycles. The monoisotopic (exact) mass is 557 g/mol. The Morgan fingerprint density at radius 3 is 2.22 bits per heavy atom. The van der Waals surface area contributed by atoms with Gasteiger partial charge in [-0.15, -0.1) is 0 Å². The van der Waals surface area contributed by atoms with E-state index >= 15 is 0 Å². The average Bonchev–Trinajstić information content (AvgIpc) is 2.87. The van der Waals surface area contributed by atoms with Gasteiger partial charge in [0.2, 0.25) is 5.88 Å². The maximum Gasteiger partial charge on any atom is 0.254 e. The van der Waals surface area contributed by atoms with Crippen LogP contribution in [0.15, 0.2) is 42.5 Å². The highest BCUT2D eigenvalue weighted by Crippen LogP contribution is 2.35. The molecule has 1 aliphatic carbocycles. The van der Waals surface area contributed by atoms with Gasteiger partial charge in [0.05, 0.1) is 23.9 Å². The molecule has 6 nitrogen and oxygen atoms in total. The zero-order chi connectivity index (χ0) is 29.8. The summed E-state index contributed by atoms with van der Waals surface area (Å²) in [7, 11) is 0. The molecule has 0 spiro atoms. The summed E-state index contributed by atoms with van der Waals surface area (Å²) in [5, 5.41) is 0. The number of benzene rings is 2. The molecule has 0 unspecified atom stereocenters. The molecule has 1 aliphatic rings. The topological polar surface area (TPSA) is 64.6 Å². The lowest BCUT2D eigenvalue weighted by atomic mass is 9.85. The van der Waals surface area contributed by atoms with Crippen molar-refractivity contribution in [1.29, 1.82) is 0 Å². The standard InChI is InChI=1S/C35H47N3O3/c1-21(2)16-30(20-40-34-26(8)33(36-27(9)37-34)32-24(6)13-11-14-25(32)7)38(29-18-31(19-29)41-22(3)4)35(39)28-15-10-12-23(5)17-28/h10-15,17,21-22,29-31H,16,18-20H2,1-9H3/t29?,30-,31?/m1/s1. The van der Waals surface area contributed by atoms with Gasteiger partial charge >= 0.3 is 0 Å². The van der Waals surface area contributed by atoms with E-state index < -0.39 is 0 Å². The Labute approximate surface area is 246 Å². The lowest BCUT2D eigenvalue weighted by molar-refractivity contribution is -0.0800. The second-order valence-corrected chi connectivity index (χ2v) is 12.4. The number of carbonyl (C=O) groups excluding carboxylic acids is 1. The molecule has 1 fully saturated rings. The summed E-state index contributed by atoms with van der Waals surface area (Å²) < 4.78 is 12.6. The largest absolute Gasteiger partial charge is 0.475 e. The van der Waals surface area contributed by atoms with Crippen molar-refractivity contribution in [2.45, 2.75) is 106 Å². The summed E-state index contributed by atoms with van der Waals surface area (Å²) in [5.41, 5.74) is 7.10. The summed E-state index contributed by atoms with van der Waals surface area (Å²) in [6.07, 6.45) is 2.86. The van der Waals surface area contributed by atoms with Gasteiger partial charge in [-0.2, -0.15) is 4.98 Å². The molecule has 6 heteroatoms. The molecule has 41 heavy (non-hydrogen) atoms. The van der Waals surface area contributed by atoms with Crippen LogP contribution in [0.4, 0.5) is 0 Å². The third-order valence-corrected chi connectivity index (χ3v) is 7.91. The van der Waals surface area contributed by atoms with Crippen molar-refractivity contribution in [2.24, 2.45) is 5.92 Å². The Morgan fingerprint density at radius 2 is 1.61 bits per heavy atom. The summed E-state index contributed by atoms with van der Waals surface area (Å²) in [4.78, 5) is 25.8. The molecule has 0 N–H and O–H groups in total. The fourth-order valence-corrected chi connectivity index (χ4v) is 5.97. The maximum absolute atomic E-state index is 14.1. The minimum Gasteiger partial charge on any atom is -0.475 e. The van der Waals surface area contributed by atoms with Crippen LogP contribution in [0.5, 0.6) is 5.88 Å². The number of nitrogens with zero attached hydrogens (tertiary/aromatic N) is 3. The Kier molecular flexibility index (Phi) is 9.85. The fourth-order valence-electron chi connectivity index (χ4n) is 5.97. The van der Waals surface area contributed by atoms with Crippen LogP contribution in [0.3, 0.4) is 0 Å². The third kappa shape index (κ3) is 7.34. The lowest BCUT2D eigenvalue weighted by Crippen LogP contribution is -2.56. The van der Waals surface area contributed by atoms with Gasteiger partial charge in [0.25, 0.3) is 5.91 Å². The Hall–Kier alpha value is -3.25. The highest BCUT2D eigenvalue weighted by atomic mass is 16.5. The SMILES string of the molecule is Cc1cccc(C(=O)N(C2CC(OC(C)C)C2)[C@@H](COc2nc(C)nc(-c3c(C)cccc3C)c2C)CC(C)C)c1.